The topological polar surface area (TPSA) is 53.4 Å². The van der Waals surface area contributed by atoms with Crippen LogP contribution in [0, 0.1) is 5.82 Å². The van der Waals surface area contributed by atoms with Crippen LogP contribution in [0.4, 0.5) is 4.39 Å². The zero-order valence-corrected chi connectivity index (χ0v) is 12.2. The molecule has 0 aliphatic heterocycles. The van der Waals surface area contributed by atoms with E-state index < -0.39 is 18.0 Å². The van der Waals surface area contributed by atoms with Crippen LogP contribution in [0.25, 0.3) is 10.6 Å². The van der Waals surface area contributed by atoms with Gasteiger partial charge < -0.3 is 10.2 Å². The Balaban J connectivity index is 1.87. The summed E-state index contributed by atoms with van der Waals surface area (Å²) in [5.41, 5.74) is 2.25. The molecule has 5 heteroatoms. The first kappa shape index (κ1) is 13.6. The fraction of sp³-hybridized carbons (Fsp3) is 0.118. The van der Waals surface area contributed by atoms with Gasteiger partial charge in [0.15, 0.2) is 0 Å². The summed E-state index contributed by atoms with van der Waals surface area (Å²) < 4.78 is 13.4. The molecule has 1 aliphatic rings. The van der Waals surface area contributed by atoms with E-state index in [2.05, 4.69) is 4.98 Å². The Morgan fingerprint density at radius 2 is 1.73 bits per heavy atom. The van der Waals surface area contributed by atoms with Gasteiger partial charge in [-0.2, -0.15) is 0 Å². The van der Waals surface area contributed by atoms with Gasteiger partial charge >= 0.3 is 0 Å². The maximum Gasteiger partial charge on any atom is 0.124 e. The van der Waals surface area contributed by atoms with E-state index in [9.17, 15) is 14.6 Å². The average molecular weight is 313 g/mol. The number of hydrogen-bond donors (Lipinski definition) is 2. The molecule has 1 aliphatic carbocycles. The maximum absolute atomic E-state index is 13.4. The third-order valence-electron chi connectivity index (χ3n) is 3.85. The van der Waals surface area contributed by atoms with Gasteiger partial charge in [-0.1, -0.05) is 36.4 Å². The lowest BCUT2D eigenvalue weighted by Gasteiger charge is -2.24. The molecule has 0 saturated carbocycles. The van der Waals surface area contributed by atoms with Crippen molar-refractivity contribution >= 4 is 11.3 Å². The van der Waals surface area contributed by atoms with Gasteiger partial charge in [-0.3, -0.25) is 0 Å². The predicted molar refractivity (Wildman–Crippen MR) is 82.1 cm³/mol. The molecule has 0 spiro atoms. The minimum atomic E-state index is -1.02. The van der Waals surface area contributed by atoms with Gasteiger partial charge in [0.25, 0.3) is 0 Å². The van der Waals surface area contributed by atoms with E-state index in [0.717, 1.165) is 10.6 Å². The first-order valence-corrected chi connectivity index (χ1v) is 7.68. The molecule has 1 heterocycles. The summed E-state index contributed by atoms with van der Waals surface area (Å²) in [4.78, 5) is 5.08. The number of halogens is 1. The lowest BCUT2D eigenvalue weighted by atomic mass is 9.89. The van der Waals surface area contributed by atoms with Gasteiger partial charge in [-0.25, -0.2) is 9.37 Å². The van der Waals surface area contributed by atoms with E-state index in [1.165, 1.54) is 29.5 Å². The second kappa shape index (κ2) is 4.98. The van der Waals surface area contributed by atoms with Crippen LogP contribution < -0.4 is 0 Å². The fourth-order valence-electron chi connectivity index (χ4n) is 2.76. The summed E-state index contributed by atoms with van der Waals surface area (Å²) in [6.45, 7) is 0. The summed E-state index contributed by atoms with van der Waals surface area (Å²) in [5.74, 6) is -0.438. The molecule has 0 radical (unpaired) electrons. The highest BCUT2D eigenvalue weighted by Gasteiger charge is 2.34. The van der Waals surface area contributed by atoms with Crippen molar-refractivity contribution in [2.24, 2.45) is 0 Å². The molecule has 0 fully saturated rings. The quantitative estimate of drug-likeness (QED) is 0.724. The van der Waals surface area contributed by atoms with Gasteiger partial charge in [0.2, 0.25) is 0 Å². The zero-order chi connectivity index (χ0) is 15.3. The van der Waals surface area contributed by atoms with Crippen molar-refractivity contribution in [2.45, 2.75) is 12.2 Å². The van der Waals surface area contributed by atoms with Gasteiger partial charge in [0, 0.05) is 5.56 Å². The third kappa shape index (κ3) is 1.98. The van der Waals surface area contributed by atoms with Crippen LogP contribution >= 0.6 is 11.3 Å². The second-order valence-electron chi connectivity index (χ2n) is 5.21. The van der Waals surface area contributed by atoms with Crippen molar-refractivity contribution in [3.8, 4) is 10.6 Å². The Bertz CT molecular complexity index is 847. The minimum Gasteiger partial charge on any atom is -0.383 e. The smallest absolute Gasteiger partial charge is 0.124 e. The van der Waals surface area contributed by atoms with Crippen molar-refractivity contribution in [1.29, 1.82) is 0 Å². The number of thiazole rings is 1. The predicted octanol–water partition coefficient (Wildman–Crippen LogP) is 3.43. The van der Waals surface area contributed by atoms with Crippen molar-refractivity contribution in [3.63, 3.8) is 0 Å². The summed E-state index contributed by atoms with van der Waals surface area (Å²) >= 11 is 1.35. The van der Waals surface area contributed by atoms with Gasteiger partial charge in [0.05, 0.1) is 10.6 Å². The molecule has 22 heavy (non-hydrogen) atoms. The fourth-order valence-corrected chi connectivity index (χ4v) is 3.87. The number of nitrogens with zero attached hydrogens (tertiary/aromatic N) is 1. The summed E-state index contributed by atoms with van der Waals surface area (Å²) in [6, 6.07) is 13.7. The average Bonchev–Trinajstić information content (AvgIpc) is 2.99. The Morgan fingerprint density at radius 1 is 0.955 bits per heavy atom. The Hall–Kier alpha value is -2.08. The molecule has 0 saturated heterocycles. The molecule has 2 aromatic carbocycles. The number of rotatable bonds is 1. The highest BCUT2D eigenvalue weighted by atomic mass is 32.1. The lowest BCUT2D eigenvalue weighted by Crippen LogP contribution is -2.16. The summed E-state index contributed by atoms with van der Waals surface area (Å²) in [6.07, 6.45) is -1.90. The molecule has 2 N–H and O–H groups in total. The number of fused-ring (bicyclic) bond motifs is 2. The SMILES string of the molecule is OC1c2cc(F)ccc2C(O)c2sc(-c3ccccc3)nc21. The minimum absolute atomic E-state index is 0.380. The van der Waals surface area contributed by atoms with Gasteiger partial charge in [-0.15, -0.1) is 11.3 Å². The van der Waals surface area contributed by atoms with E-state index in [4.69, 9.17) is 0 Å². The van der Waals surface area contributed by atoms with Crippen molar-refractivity contribution in [2.75, 3.05) is 0 Å². The third-order valence-corrected chi connectivity index (χ3v) is 5.02. The molecule has 3 aromatic rings. The van der Waals surface area contributed by atoms with Gasteiger partial charge in [-0.05, 0) is 23.3 Å². The first-order chi connectivity index (χ1) is 10.6. The van der Waals surface area contributed by atoms with Gasteiger partial charge in [0.1, 0.15) is 23.0 Å². The molecule has 2 atom stereocenters. The monoisotopic (exact) mass is 313 g/mol. The van der Waals surface area contributed by atoms with Crippen LogP contribution in [0.3, 0.4) is 0 Å². The molecule has 1 aromatic heterocycles. The highest BCUT2D eigenvalue weighted by molar-refractivity contribution is 7.15. The Morgan fingerprint density at radius 3 is 2.50 bits per heavy atom. The maximum atomic E-state index is 13.4. The zero-order valence-electron chi connectivity index (χ0n) is 11.4. The number of aliphatic hydroxyl groups is 2. The van der Waals surface area contributed by atoms with Crippen LogP contribution in [0.2, 0.25) is 0 Å². The van der Waals surface area contributed by atoms with Crippen molar-refractivity contribution < 1.29 is 14.6 Å². The van der Waals surface area contributed by atoms with Crippen molar-refractivity contribution in [3.05, 3.63) is 76.0 Å². The van der Waals surface area contributed by atoms with E-state index in [-0.39, 0.29) is 0 Å². The van der Waals surface area contributed by atoms with E-state index in [0.29, 0.717) is 21.7 Å². The van der Waals surface area contributed by atoms with Crippen molar-refractivity contribution in [1.82, 2.24) is 4.98 Å². The second-order valence-corrected chi connectivity index (χ2v) is 6.24. The van der Waals surface area contributed by atoms with Crippen LogP contribution in [0.15, 0.2) is 48.5 Å². The largest absolute Gasteiger partial charge is 0.383 e. The van der Waals surface area contributed by atoms with Crippen LogP contribution in [-0.4, -0.2) is 15.2 Å². The molecule has 2 unspecified atom stereocenters. The molecular weight excluding hydrogens is 301 g/mol. The number of aliphatic hydroxyl groups excluding tert-OH is 2. The normalized spacial score (nSPS) is 19.6. The Labute approximate surface area is 130 Å². The summed E-state index contributed by atoms with van der Waals surface area (Å²) in [7, 11) is 0. The number of hydrogen-bond acceptors (Lipinski definition) is 4. The number of benzene rings is 2. The van der Waals surface area contributed by atoms with E-state index >= 15 is 0 Å². The number of aromatic nitrogens is 1. The standard InChI is InChI=1S/C17H12FNO2S/c18-10-6-7-11-12(8-10)14(20)13-16(15(11)21)22-17(19-13)9-4-2-1-3-5-9/h1-8,14-15,20-21H. The molecule has 0 amide bonds. The van der Waals surface area contributed by atoms with Crippen LogP contribution in [-0.2, 0) is 0 Å². The van der Waals surface area contributed by atoms with E-state index in [1.54, 1.807) is 0 Å². The molecule has 4 rings (SSSR count). The lowest BCUT2D eigenvalue weighted by molar-refractivity contribution is 0.173. The highest BCUT2D eigenvalue weighted by Crippen LogP contribution is 2.45. The van der Waals surface area contributed by atoms with Crippen LogP contribution in [0.1, 0.15) is 33.9 Å². The first-order valence-electron chi connectivity index (χ1n) is 6.86. The van der Waals surface area contributed by atoms with Crippen LogP contribution in [0.5, 0.6) is 0 Å². The molecule has 3 nitrogen and oxygen atoms in total. The molecule has 110 valence electrons. The Kier molecular flexibility index (Phi) is 3.07. The summed E-state index contributed by atoms with van der Waals surface area (Å²) in [5, 5.41) is 21.7. The molecular formula is C17H12FNO2S. The van der Waals surface area contributed by atoms with E-state index in [1.807, 2.05) is 30.3 Å². The molecule has 0 bridgehead atoms.